The van der Waals surface area contributed by atoms with Crippen LogP contribution in [0, 0.1) is 5.92 Å². The molecule has 0 aromatic heterocycles. The molecule has 1 heterocycles. The maximum Gasteiger partial charge on any atom is 0.231 e. The lowest BCUT2D eigenvalue weighted by molar-refractivity contribution is -0.122. The number of ether oxygens (including phenoxy) is 1. The van der Waals surface area contributed by atoms with E-state index in [1.807, 2.05) is 29.2 Å². The molecule has 19 heavy (non-hydrogen) atoms. The zero-order valence-electron chi connectivity index (χ0n) is 11.0. The van der Waals surface area contributed by atoms with Gasteiger partial charge in [0.1, 0.15) is 5.75 Å². The minimum atomic E-state index is -0.0221. The Morgan fingerprint density at radius 3 is 2.89 bits per heavy atom. The lowest BCUT2D eigenvalue weighted by atomic mass is 10.0. The summed E-state index contributed by atoms with van der Waals surface area (Å²) in [4.78, 5) is 14.6. The molecule has 0 spiro atoms. The maximum atomic E-state index is 12.7. The van der Waals surface area contributed by atoms with E-state index in [-0.39, 0.29) is 17.9 Å². The summed E-state index contributed by atoms with van der Waals surface area (Å²) in [5.74, 6) is 0.953. The van der Waals surface area contributed by atoms with Crippen LogP contribution in [0.2, 0.25) is 0 Å². The van der Waals surface area contributed by atoms with Gasteiger partial charge in [0.15, 0.2) is 0 Å². The number of para-hydroxylation sites is 2. The van der Waals surface area contributed by atoms with Crippen LogP contribution in [0.4, 0.5) is 5.69 Å². The quantitative estimate of drug-likeness (QED) is 0.839. The zero-order chi connectivity index (χ0) is 13.2. The van der Waals surface area contributed by atoms with E-state index in [9.17, 15) is 4.79 Å². The highest BCUT2D eigenvalue weighted by atomic mass is 16.5. The number of nitrogens with two attached hydrogens (primary N) is 1. The monoisotopic (exact) mass is 260 g/mol. The van der Waals surface area contributed by atoms with Crippen molar-refractivity contribution in [3.8, 4) is 5.75 Å². The van der Waals surface area contributed by atoms with E-state index in [0.717, 1.165) is 43.7 Å². The second-order valence-electron chi connectivity index (χ2n) is 5.36. The molecule has 2 unspecified atom stereocenters. The van der Waals surface area contributed by atoms with E-state index < -0.39 is 0 Å². The van der Waals surface area contributed by atoms with E-state index in [0.29, 0.717) is 6.61 Å². The van der Waals surface area contributed by atoms with Gasteiger partial charge in [-0.1, -0.05) is 18.6 Å². The predicted octanol–water partition coefficient (Wildman–Crippen LogP) is 1.93. The Morgan fingerprint density at radius 2 is 2.11 bits per heavy atom. The maximum absolute atomic E-state index is 12.7. The first-order valence-electron chi connectivity index (χ1n) is 7.06. The Labute approximate surface area is 113 Å². The number of nitrogens with zero attached hydrogens (tertiary/aromatic N) is 1. The molecule has 1 saturated carbocycles. The molecule has 1 amide bonds. The average Bonchev–Trinajstić information content (AvgIpc) is 2.74. The molecular formula is C15H20N2O2. The van der Waals surface area contributed by atoms with Gasteiger partial charge in [-0.25, -0.2) is 0 Å². The second kappa shape index (κ2) is 5.21. The Bertz CT molecular complexity index is 475. The van der Waals surface area contributed by atoms with E-state index >= 15 is 0 Å². The molecule has 0 saturated heterocycles. The summed E-state index contributed by atoms with van der Waals surface area (Å²) < 4.78 is 5.69. The summed E-state index contributed by atoms with van der Waals surface area (Å²) >= 11 is 0. The lowest BCUT2D eigenvalue weighted by Crippen LogP contribution is -2.42. The zero-order valence-corrected chi connectivity index (χ0v) is 11.0. The highest BCUT2D eigenvalue weighted by molar-refractivity contribution is 5.97. The first-order valence-corrected chi connectivity index (χ1v) is 7.06. The second-order valence-corrected chi connectivity index (χ2v) is 5.36. The molecule has 1 aromatic carbocycles. The van der Waals surface area contributed by atoms with Gasteiger partial charge in [0.25, 0.3) is 0 Å². The SMILES string of the molecule is NC1CCCC1C(=O)N1CCCOc2ccccc21. The Balaban J connectivity index is 1.89. The molecule has 0 radical (unpaired) electrons. The third-order valence-electron chi connectivity index (χ3n) is 4.09. The summed E-state index contributed by atoms with van der Waals surface area (Å²) in [5.41, 5.74) is 6.96. The molecule has 1 aromatic rings. The Kier molecular flexibility index (Phi) is 3.42. The minimum Gasteiger partial charge on any atom is -0.491 e. The molecule has 0 bridgehead atoms. The standard InChI is InChI=1S/C15H20N2O2/c16-12-6-3-5-11(12)15(18)17-9-4-10-19-14-8-2-1-7-13(14)17/h1-2,7-8,11-12H,3-6,9-10,16H2. The molecule has 4 heteroatoms. The van der Waals surface area contributed by atoms with Crippen molar-refractivity contribution < 1.29 is 9.53 Å². The van der Waals surface area contributed by atoms with Crippen LogP contribution >= 0.6 is 0 Å². The van der Waals surface area contributed by atoms with Gasteiger partial charge in [-0.2, -0.15) is 0 Å². The van der Waals surface area contributed by atoms with Gasteiger partial charge in [-0.15, -0.1) is 0 Å². The average molecular weight is 260 g/mol. The molecule has 4 nitrogen and oxygen atoms in total. The minimum absolute atomic E-state index is 0.0174. The van der Waals surface area contributed by atoms with E-state index in [2.05, 4.69) is 0 Å². The van der Waals surface area contributed by atoms with Crippen LogP contribution < -0.4 is 15.4 Å². The van der Waals surface area contributed by atoms with Crippen molar-refractivity contribution in [1.29, 1.82) is 0 Å². The number of hydrogen-bond acceptors (Lipinski definition) is 3. The molecule has 2 N–H and O–H groups in total. The lowest BCUT2D eigenvalue weighted by Gasteiger charge is -2.26. The Hall–Kier alpha value is -1.55. The van der Waals surface area contributed by atoms with Crippen molar-refractivity contribution in [2.45, 2.75) is 31.7 Å². The van der Waals surface area contributed by atoms with Gasteiger partial charge < -0.3 is 15.4 Å². The van der Waals surface area contributed by atoms with Crippen molar-refractivity contribution in [3.63, 3.8) is 0 Å². The van der Waals surface area contributed by atoms with Crippen LogP contribution in [0.5, 0.6) is 5.75 Å². The highest BCUT2D eigenvalue weighted by Crippen LogP contribution is 2.34. The van der Waals surface area contributed by atoms with Crippen molar-refractivity contribution in [2.24, 2.45) is 11.7 Å². The van der Waals surface area contributed by atoms with Crippen LogP contribution in [0.3, 0.4) is 0 Å². The summed E-state index contributed by atoms with van der Waals surface area (Å²) in [6.45, 7) is 1.39. The fourth-order valence-corrected chi connectivity index (χ4v) is 3.05. The molecule has 3 rings (SSSR count). The summed E-state index contributed by atoms with van der Waals surface area (Å²) in [7, 11) is 0. The molecule has 1 fully saturated rings. The van der Waals surface area contributed by atoms with Crippen LogP contribution in [-0.4, -0.2) is 25.1 Å². The van der Waals surface area contributed by atoms with Crippen LogP contribution in [0.25, 0.3) is 0 Å². The van der Waals surface area contributed by atoms with E-state index in [4.69, 9.17) is 10.5 Å². The first kappa shape index (κ1) is 12.5. The summed E-state index contributed by atoms with van der Waals surface area (Å²) in [5, 5.41) is 0. The van der Waals surface area contributed by atoms with E-state index in [1.165, 1.54) is 0 Å². The molecule has 2 atom stereocenters. The first-order chi connectivity index (χ1) is 9.27. The van der Waals surface area contributed by atoms with Crippen molar-refractivity contribution in [1.82, 2.24) is 0 Å². The topological polar surface area (TPSA) is 55.6 Å². The predicted molar refractivity (Wildman–Crippen MR) is 74.2 cm³/mol. The number of hydrogen-bond donors (Lipinski definition) is 1. The number of fused-ring (bicyclic) bond motifs is 1. The number of rotatable bonds is 1. The molecule has 102 valence electrons. The number of anilines is 1. The van der Waals surface area contributed by atoms with Gasteiger partial charge in [-0.3, -0.25) is 4.79 Å². The van der Waals surface area contributed by atoms with Gasteiger partial charge >= 0.3 is 0 Å². The van der Waals surface area contributed by atoms with Crippen molar-refractivity contribution in [2.75, 3.05) is 18.1 Å². The summed E-state index contributed by atoms with van der Waals surface area (Å²) in [6, 6.07) is 7.79. The number of carbonyl (C=O) groups is 1. The van der Waals surface area contributed by atoms with Gasteiger partial charge in [-0.05, 0) is 31.4 Å². The smallest absolute Gasteiger partial charge is 0.231 e. The van der Waals surface area contributed by atoms with Crippen LogP contribution in [-0.2, 0) is 4.79 Å². The number of amides is 1. The van der Waals surface area contributed by atoms with Crippen molar-refractivity contribution >= 4 is 11.6 Å². The van der Waals surface area contributed by atoms with Gasteiger partial charge in [0.05, 0.1) is 18.2 Å². The normalized spacial score (nSPS) is 26.5. The summed E-state index contributed by atoms with van der Waals surface area (Å²) in [6.07, 6.45) is 3.80. The van der Waals surface area contributed by atoms with Crippen LogP contribution in [0.15, 0.2) is 24.3 Å². The van der Waals surface area contributed by atoms with Gasteiger partial charge in [0, 0.05) is 12.6 Å². The molecular weight excluding hydrogens is 240 g/mol. The third-order valence-corrected chi connectivity index (χ3v) is 4.09. The van der Waals surface area contributed by atoms with Crippen molar-refractivity contribution in [3.05, 3.63) is 24.3 Å². The third kappa shape index (κ3) is 2.32. The molecule has 1 aliphatic heterocycles. The van der Waals surface area contributed by atoms with E-state index in [1.54, 1.807) is 0 Å². The Morgan fingerprint density at radius 1 is 1.26 bits per heavy atom. The van der Waals surface area contributed by atoms with Crippen LogP contribution in [0.1, 0.15) is 25.7 Å². The van der Waals surface area contributed by atoms with Gasteiger partial charge in [0.2, 0.25) is 5.91 Å². The fraction of sp³-hybridized carbons (Fsp3) is 0.533. The molecule has 2 aliphatic rings. The fourth-order valence-electron chi connectivity index (χ4n) is 3.05. The highest BCUT2D eigenvalue weighted by Gasteiger charge is 2.35. The largest absolute Gasteiger partial charge is 0.491 e. The molecule has 1 aliphatic carbocycles. The number of benzene rings is 1. The number of carbonyl (C=O) groups excluding carboxylic acids is 1.